The number of hydrogen-bond donors (Lipinski definition) is 0. The Morgan fingerprint density at radius 2 is 1.10 bits per heavy atom. The molecule has 0 atom stereocenters. The summed E-state index contributed by atoms with van der Waals surface area (Å²) in [6.45, 7) is 2.10. The third-order valence-electron chi connectivity index (χ3n) is 3.25. The predicted octanol–water partition coefficient (Wildman–Crippen LogP) is 5.05. The molecule has 3 aromatic carbocycles. The van der Waals surface area contributed by atoms with Crippen molar-refractivity contribution in [2.45, 2.75) is 6.92 Å². The Hall–Kier alpha value is -2.11. The van der Waals surface area contributed by atoms with E-state index < -0.39 is 8.07 Å². The van der Waals surface area contributed by atoms with Gasteiger partial charge in [0.25, 0.3) is 0 Å². The Morgan fingerprint density at radius 3 is 1.57 bits per heavy atom. The summed E-state index contributed by atoms with van der Waals surface area (Å²) in [7, 11) is -0.712. The zero-order valence-corrected chi connectivity index (χ0v) is 12.9. The first-order chi connectivity index (χ1) is 10.3. The summed E-state index contributed by atoms with van der Waals surface area (Å²) >= 11 is 0. The van der Waals surface area contributed by atoms with Gasteiger partial charge in [-0.05, 0) is 17.5 Å². The van der Waals surface area contributed by atoms with Crippen LogP contribution in [0.5, 0.6) is 0 Å². The normalized spacial score (nSPS) is 10.6. The second kappa shape index (κ2) is 6.56. The van der Waals surface area contributed by atoms with Crippen LogP contribution in [-0.2, 0) is 0 Å². The molecule has 0 amide bonds. The van der Waals surface area contributed by atoms with Gasteiger partial charge in [-0.25, -0.2) is 0 Å². The second-order valence-electron chi connectivity index (χ2n) is 4.92. The average molecular weight is 290 g/mol. The van der Waals surface area contributed by atoms with Crippen LogP contribution in [0.1, 0.15) is 5.56 Å². The second-order valence-corrected chi connectivity index (χ2v) is 6.77. The van der Waals surface area contributed by atoms with Crippen LogP contribution >= 0.6 is 8.07 Å². The lowest BCUT2D eigenvalue weighted by Crippen LogP contribution is -2.09. The first-order valence-corrected chi connectivity index (χ1v) is 8.31. The number of benzene rings is 3. The number of rotatable bonds is 4. The minimum atomic E-state index is -0.712. The molecule has 0 fully saturated rings. The van der Waals surface area contributed by atoms with Crippen molar-refractivity contribution >= 4 is 24.4 Å². The Balaban J connectivity index is 1.95. The molecule has 0 spiro atoms. The van der Waals surface area contributed by atoms with Crippen molar-refractivity contribution in [2.75, 3.05) is 0 Å². The van der Waals surface area contributed by atoms with E-state index in [-0.39, 0.29) is 0 Å². The summed E-state index contributed by atoms with van der Waals surface area (Å²) in [5.74, 6) is 0. The van der Waals surface area contributed by atoms with Gasteiger partial charge in [-0.15, -0.1) is 13.8 Å². The van der Waals surface area contributed by atoms with Crippen molar-refractivity contribution in [3.63, 3.8) is 0 Å². The first-order valence-electron chi connectivity index (χ1n) is 7.01. The summed E-state index contributed by atoms with van der Waals surface area (Å²) in [6.07, 6.45) is 0. The summed E-state index contributed by atoms with van der Waals surface area (Å²) in [6, 6.07) is 29.5. The molecule has 0 saturated carbocycles. The molecule has 1 nitrogen and oxygen atoms in total. The average Bonchev–Trinajstić information content (AvgIpc) is 2.56. The van der Waals surface area contributed by atoms with Crippen LogP contribution < -0.4 is 10.6 Å². The highest BCUT2D eigenvalue weighted by Gasteiger charge is 2.03. The van der Waals surface area contributed by atoms with Gasteiger partial charge in [-0.2, -0.15) is 0 Å². The molecule has 0 saturated heterocycles. The van der Waals surface area contributed by atoms with Gasteiger partial charge in [0.05, 0.1) is 0 Å². The Bertz CT molecular complexity index is 638. The van der Waals surface area contributed by atoms with Crippen LogP contribution in [0.25, 0.3) is 5.09 Å². The largest absolute Gasteiger partial charge is 0.653 e. The van der Waals surface area contributed by atoms with Crippen LogP contribution in [-0.4, -0.2) is 0 Å². The zero-order valence-electron chi connectivity index (χ0n) is 12.0. The van der Waals surface area contributed by atoms with Crippen molar-refractivity contribution in [1.29, 1.82) is 0 Å². The van der Waals surface area contributed by atoms with Gasteiger partial charge < -0.3 is 5.09 Å². The molecule has 0 heterocycles. The van der Waals surface area contributed by atoms with Crippen molar-refractivity contribution in [1.82, 2.24) is 0 Å². The van der Waals surface area contributed by atoms with Crippen molar-refractivity contribution in [3.05, 3.63) is 95.6 Å². The molecule has 0 N–H and O–H groups in total. The molecule has 0 aromatic heterocycles. The molecule has 0 radical (unpaired) electrons. The molecular weight excluding hydrogens is 273 g/mol. The summed E-state index contributed by atoms with van der Waals surface area (Å²) in [5, 5.41) is 7.56. The number of nitrogens with zero attached hydrogens (tertiary/aromatic N) is 1. The zero-order chi connectivity index (χ0) is 14.5. The lowest BCUT2D eigenvalue weighted by Gasteiger charge is -2.35. The smallest absolute Gasteiger partial charge is 0.0368 e. The third-order valence-corrected chi connectivity index (χ3v) is 5.26. The maximum atomic E-state index is 5.00. The monoisotopic (exact) mass is 290 g/mol. The molecule has 104 valence electrons. The van der Waals surface area contributed by atoms with E-state index in [9.17, 15) is 0 Å². The van der Waals surface area contributed by atoms with Gasteiger partial charge in [0.1, 0.15) is 0 Å². The quantitative estimate of drug-likeness (QED) is 0.597. The molecule has 0 aliphatic carbocycles. The maximum absolute atomic E-state index is 5.00. The predicted molar refractivity (Wildman–Crippen MR) is 93.3 cm³/mol. The molecule has 0 unspecified atom stereocenters. The van der Waals surface area contributed by atoms with Gasteiger partial charge in [-0.1, -0.05) is 90.5 Å². The molecule has 0 aliphatic heterocycles. The SMILES string of the molecule is Cc1ccc([N-]P(c2ccccc2)c2ccccc2)cc1. The van der Waals surface area contributed by atoms with E-state index >= 15 is 0 Å². The van der Waals surface area contributed by atoms with E-state index in [1.807, 2.05) is 12.1 Å². The number of aryl methyl sites for hydroxylation is 1. The van der Waals surface area contributed by atoms with E-state index in [4.69, 9.17) is 5.09 Å². The Kier molecular flexibility index (Phi) is 4.33. The molecule has 3 aromatic rings. The van der Waals surface area contributed by atoms with Crippen molar-refractivity contribution < 1.29 is 0 Å². The number of hydrogen-bond acceptors (Lipinski definition) is 0. The standard InChI is InChI=1S/C19H17NP/c1-16-12-14-17(15-13-16)20-21(18-8-4-2-5-9-18)19-10-6-3-7-11-19/h2-15H,1H3/q-1. The molecule has 2 heteroatoms. The van der Waals surface area contributed by atoms with E-state index in [1.165, 1.54) is 16.2 Å². The lowest BCUT2D eigenvalue weighted by atomic mass is 10.2. The minimum Gasteiger partial charge on any atom is -0.653 e. The fraction of sp³-hybridized carbons (Fsp3) is 0.0526. The lowest BCUT2D eigenvalue weighted by molar-refractivity contribution is 1.48. The fourth-order valence-electron chi connectivity index (χ4n) is 2.13. The summed E-state index contributed by atoms with van der Waals surface area (Å²) in [5.41, 5.74) is 2.30. The molecular formula is C19H17NP-. The van der Waals surface area contributed by atoms with Gasteiger partial charge >= 0.3 is 0 Å². The van der Waals surface area contributed by atoms with E-state index in [0.29, 0.717) is 0 Å². The third kappa shape index (κ3) is 3.51. The molecule has 0 bridgehead atoms. The van der Waals surface area contributed by atoms with Crippen LogP contribution in [0, 0.1) is 6.92 Å². The Labute approximate surface area is 127 Å². The first kappa shape index (κ1) is 13.9. The van der Waals surface area contributed by atoms with Gasteiger partial charge in [0.15, 0.2) is 0 Å². The van der Waals surface area contributed by atoms with Crippen LogP contribution in [0.15, 0.2) is 84.9 Å². The molecule has 21 heavy (non-hydrogen) atoms. The van der Waals surface area contributed by atoms with E-state index in [1.54, 1.807) is 0 Å². The van der Waals surface area contributed by atoms with Crippen LogP contribution in [0.3, 0.4) is 0 Å². The maximum Gasteiger partial charge on any atom is -0.0368 e. The highest BCUT2D eigenvalue weighted by atomic mass is 31.1. The van der Waals surface area contributed by atoms with Crippen LogP contribution in [0.2, 0.25) is 0 Å². The van der Waals surface area contributed by atoms with Gasteiger partial charge in [0, 0.05) is 0 Å². The molecule has 3 rings (SSSR count). The fourth-order valence-corrected chi connectivity index (χ4v) is 3.93. The van der Waals surface area contributed by atoms with E-state index in [0.717, 1.165) is 5.69 Å². The highest BCUT2D eigenvalue weighted by molar-refractivity contribution is 7.75. The highest BCUT2D eigenvalue weighted by Crippen LogP contribution is 2.46. The topological polar surface area (TPSA) is 14.1 Å². The van der Waals surface area contributed by atoms with Crippen LogP contribution in [0.4, 0.5) is 5.69 Å². The summed E-state index contributed by atoms with van der Waals surface area (Å²) < 4.78 is 0. The molecule has 0 aliphatic rings. The minimum absolute atomic E-state index is 0.712. The summed E-state index contributed by atoms with van der Waals surface area (Å²) in [4.78, 5) is 0. The van der Waals surface area contributed by atoms with Crippen molar-refractivity contribution in [3.8, 4) is 0 Å². The van der Waals surface area contributed by atoms with E-state index in [2.05, 4.69) is 79.7 Å². The van der Waals surface area contributed by atoms with Gasteiger partial charge in [0.2, 0.25) is 0 Å². The Morgan fingerprint density at radius 1 is 0.619 bits per heavy atom. The van der Waals surface area contributed by atoms with Gasteiger partial charge in [-0.3, -0.25) is 0 Å². The van der Waals surface area contributed by atoms with Crippen molar-refractivity contribution in [2.24, 2.45) is 0 Å².